The second kappa shape index (κ2) is 9.07. The zero-order valence-corrected chi connectivity index (χ0v) is 20.7. The number of nitrogens with zero attached hydrogens (tertiary/aromatic N) is 1. The van der Waals surface area contributed by atoms with Crippen LogP contribution in [0.15, 0.2) is 60.7 Å². The molecule has 1 aliphatic carbocycles. The van der Waals surface area contributed by atoms with Crippen LogP contribution >= 0.6 is 0 Å². The van der Waals surface area contributed by atoms with Crippen molar-refractivity contribution in [1.82, 2.24) is 10.2 Å². The molecule has 0 unspecified atom stereocenters. The molecule has 0 spiro atoms. The molecule has 3 aromatic rings. The first-order valence-corrected chi connectivity index (χ1v) is 12.6. The van der Waals surface area contributed by atoms with Crippen molar-refractivity contribution >= 4 is 17.6 Å². The van der Waals surface area contributed by atoms with Crippen LogP contribution in [0.1, 0.15) is 41.3 Å². The quantitative estimate of drug-likeness (QED) is 0.554. The van der Waals surface area contributed by atoms with Gasteiger partial charge in [-0.1, -0.05) is 36.4 Å². The first-order chi connectivity index (χ1) is 17.9. The van der Waals surface area contributed by atoms with Crippen LogP contribution in [0.4, 0.5) is 0 Å². The number of benzene rings is 3. The van der Waals surface area contributed by atoms with Crippen LogP contribution < -0.4 is 14.8 Å². The van der Waals surface area contributed by atoms with Crippen molar-refractivity contribution in [3.63, 3.8) is 0 Å². The number of rotatable bonds is 6. The predicted molar refractivity (Wildman–Crippen MR) is 140 cm³/mol. The Morgan fingerprint density at radius 3 is 2.54 bits per heavy atom. The number of piperazine rings is 1. The van der Waals surface area contributed by atoms with E-state index in [0.29, 0.717) is 30.8 Å². The van der Waals surface area contributed by atoms with Crippen molar-refractivity contribution in [1.29, 1.82) is 0 Å². The number of ether oxygens (including phenoxy) is 2. The van der Waals surface area contributed by atoms with Gasteiger partial charge in [0.25, 0.3) is 5.91 Å². The van der Waals surface area contributed by atoms with E-state index in [1.807, 2.05) is 49.4 Å². The summed E-state index contributed by atoms with van der Waals surface area (Å²) in [5.74, 6) is 1.37. The largest absolute Gasteiger partial charge is 0.454 e. The minimum absolute atomic E-state index is 0. The molecular formula is C30H30N2O5. The molecule has 2 aliphatic heterocycles. The Balaban J connectivity index is 0.00000294. The number of ketones is 1. The maximum Gasteiger partial charge on any atom is 0.254 e. The molecule has 3 aliphatic rings. The number of fused-ring (bicyclic) bond motifs is 1. The van der Waals surface area contributed by atoms with Gasteiger partial charge in [-0.25, -0.2) is 0 Å². The van der Waals surface area contributed by atoms with E-state index in [2.05, 4.69) is 11.4 Å². The number of hydrogen-bond acceptors (Lipinski definition) is 5. The Morgan fingerprint density at radius 1 is 1.00 bits per heavy atom. The lowest BCUT2D eigenvalue weighted by atomic mass is 9.87. The predicted octanol–water partition coefficient (Wildman–Crippen LogP) is 4.05. The summed E-state index contributed by atoms with van der Waals surface area (Å²) in [6.07, 6.45) is 2.05. The van der Waals surface area contributed by atoms with Crippen molar-refractivity contribution < 1.29 is 25.3 Å². The van der Waals surface area contributed by atoms with Crippen molar-refractivity contribution in [3.05, 3.63) is 82.9 Å². The first kappa shape index (κ1) is 23.3. The molecule has 7 nitrogen and oxygen atoms in total. The van der Waals surface area contributed by atoms with Crippen LogP contribution in [0.5, 0.6) is 11.5 Å². The summed E-state index contributed by atoms with van der Waals surface area (Å²) < 4.78 is 10.9. The highest BCUT2D eigenvalue weighted by molar-refractivity contribution is 5.97. The number of hydrogen-bond donors (Lipinski definition) is 1. The fraction of sp³-hybridized carbons (Fsp3) is 0.300. The van der Waals surface area contributed by atoms with E-state index >= 15 is 0 Å². The molecule has 1 saturated heterocycles. The maximum absolute atomic E-state index is 13.5. The van der Waals surface area contributed by atoms with E-state index in [0.717, 1.165) is 46.4 Å². The summed E-state index contributed by atoms with van der Waals surface area (Å²) in [4.78, 5) is 39.5. The Morgan fingerprint density at radius 2 is 1.78 bits per heavy atom. The minimum atomic E-state index is -0.445. The van der Waals surface area contributed by atoms with Gasteiger partial charge in [-0.15, -0.1) is 0 Å². The number of aryl methyl sites for hydroxylation is 1. The standard InChI is InChI=1S/C30H28N2O5.H2/c1-19-2-3-20(15-27(33)30(10-11-30)23-8-9-25-26(16-23)37-18-36-25)14-24(19)21-4-6-22(7-5-21)29(35)32-13-12-31-28(34)17-32;/h2-9,14,16H,10-13,15,17-18H2,1H3,(H,31,34);1H. The van der Waals surface area contributed by atoms with Crippen LogP contribution in [0.3, 0.4) is 0 Å². The fourth-order valence-corrected chi connectivity index (χ4v) is 5.28. The van der Waals surface area contributed by atoms with E-state index in [-0.39, 0.29) is 32.4 Å². The number of nitrogens with one attached hydrogen (secondary N) is 1. The fourth-order valence-electron chi connectivity index (χ4n) is 5.28. The Bertz CT molecular complexity index is 1410. The zero-order valence-electron chi connectivity index (χ0n) is 20.7. The minimum Gasteiger partial charge on any atom is -0.454 e. The normalized spacial score (nSPS) is 17.3. The molecule has 2 fully saturated rings. The van der Waals surface area contributed by atoms with E-state index in [1.165, 1.54) is 0 Å². The Kier molecular flexibility index (Phi) is 5.71. The molecular weight excluding hydrogens is 468 g/mol. The molecule has 190 valence electrons. The second-order valence-electron chi connectivity index (χ2n) is 10.1. The summed E-state index contributed by atoms with van der Waals surface area (Å²) in [6, 6.07) is 19.4. The molecule has 3 aromatic carbocycles. The van der Waals surface area contributed by atoms with Gasteiger partial charge in [-0.3, -0.25) is 14.4 Å². The van der Waals surface area contributed by atoms with E-state index in [9.17, 15) is 14.4 Å². The maximum atomic E-state index is 13.5. The molecule has 0 bridgehead atoms. The first-order valence-electron chi connectivity index (χ1n) is 12.6. The molecule has 0 atom stereocenters. The highest BCUT2D eigenvalue weighted by Crippen LogP contribution is 2.51. The van der Waals surface area contributed by atoms with Gasteiger partial charge in [-0.05, 0) is 71.8 Å². The highest BCUT2D eigenvalue weighted by Gasteiger charge is 2.50. The van der Waals surface area contributed by atoms with E-state index < -0.39 is 5.41 Å². The molecule has 37 heavy (non-hydrogen) atoms. The lowest BCUT2D eigenvalue weighted by molar-refractivity contribution is -0.123. The van der Waals surface area contributed by atoms with E-state index in [4.69, 9.17) is 9.47 Å². The molecule has 2 heterocycles. The lowest BCUT2D eigenvalue weighted by Crippen LogP contribution is -2.49. The van der Waals surface area contributed by atoms with Crippen LogP contribution in [0, 0.1) is 6.92 Å². The summed E-state index contributed by atoms with van der Waals surface area (Å²) in [5.41, 5.74) is 5.20. The van der Waals surface area contributed by atoms with Gasteiger partial charge in [0.05, 0.1) is 12.0 Å². The van der Waals surface area contributed by atoms with Gasteiger partial charge in [0.2, 0.25) is 12.7 Å². The van der Waals surface area contributed by atoms with Crippen LogP contribution in [-0.2, 0) is 21.4 Å². The average molecular weight is 499 g/mol. The molecule has 7 heteroatoms. The molecule has 2 amide bonds. The highest BCUT2D eigenvalue weighted by atomic mass is 16.7. The molecule has 0 radical (unpaired) electrons. The van der Waals surface area contributed by atoms with Crippen molar-refractivity contribution in [3.8, 4) is 22.6 Å². The number of carbonyl (C=O) groups is 3. The summed E-state index contributed by atoms with van der Waals surface area (Å²) in [5, 5.41) is 2.74. The smallest absolute Gasteiger partial charge is 0.254 e. The summed E-state index contributed by atoms with van der Waals surface area (Å²) in [6.45, 7) is 3.33. The monoisotopic (exact) mass is 498 g/mol. The molecule has 1 N–H and O–H groups in total. The number of carbonyl (C=O) groups excluding carboxylic acids is 3. The lowest BCUT2D eigenvalue weighted by Gasteiger charge is -2.26. The van der Waals surface area contributed by atoms with E-state index in [1.54, 1.807) is 17.0 Å². The third-order valence-corrected chi connectivity index (χ3v) is 7.64. The van der Waals surface area contributed by atoms with Gasteiger partial charge in [0, 0.05) is 26.5 Å². The molecule has 6 rings (SSSR count). The van der Waals surface area contributed by atoms with Gasteiger partial charge in [0.15, 0.2) is 11.5 Å². The van der Waals surface area contributed by atoms with Gasteiger partial charge in [-0.2, -0.15) is 0 Å². The van der Waals surface area contributed by atoms with Crippen LogP contribution in [0.2, 0.25) is 0 Å². The average Bonchev–Trinajstić information content (AvgIpc) is 3.60. The molecule has 0 aromatic heterocycles. The zero-order chi connectivity index (χ0) is 25.6. The Hall–Kier alpha value is -4.13. The van der Waals surface area contributed by atoms with Crippen molar-refractivity contribution in [2.75, 3.05) is 26.4 Å². The third kappa shape index (κ3) is 4.35. The van der Waals surface area contributed by atoms with Crippen LogP contribution in [0.25, 0.3) is 11.1 Å². The topological polar surface area (TPSA) is 84.9 Å². The SMILES string of the molecule is Cc1ccc(CC(=O)C2(c3ccc4c(c3)OCO4)CC2)cc1-c1ccc(C(=O)N2CCNC(=O)C2)cc1.[HH]. The number of Topliss-reactive ketones (excluding diaryl/α,β-unsaturated/α-hetero) is 1. The molecule has 1 saturated carbocycles. The second-order valence-corrected chi connectivity index (χ2v) is 10.1. The Labute approximate surface area is 216 Å². The van der Waals surface area contributed by atoms with Crippen LogP contribution in [-0.4, -0.2) is 48.9 Å². The number of amides is 2. The van der Waals surface area contributed by atoms with Gasteiger partial charge < -0.3 is 19.7 Å². The summed E-state index contributed by atoms with van der Waals surface area (Å²) >= 11 is 0. The third-order valence-electron chi connectivity index (χ3n) is 7.64. The van der Waals surface area contributed by atoms with Gasteiger partial charge in [0.1, 0.15) is 5.78 Å². The van der Waals surface area contributed by atoms with Crippen molar-refractivity contribution in [2.24, 2.45) is 0 Å². The summed E-state index contributed by atoms with van der Waals surface area (Å²) in [7, 11) is 0. The van der Waals surface area contributed by atoms with Gasteiger partial charge >= 0.3 is 0 Å². The van der Waals surface area contributed by atoms with Crippen molar-refractivity contribution in [2.45, 2.75) is 31.6 Å².